The Morgan fingerprint density at radius 1 is 1.41 bits per heavy atom. The molecule has 1 fully saturated rings. The largest absolute Gasteiger partial charge is 0.488 e. The zero-order valence-corrected chi connectivity index (χ0v) is 9.69. The number of piperidine rings is 1. The first-order chi connectivity index (χ1) is 8.43. The van der Waals surface area contributed by atoms with Crippen molar-refractivity contribution < 1.29 is 9.26 Å². The molecule has 1 atom stereocenters. The summed E-state index contributed by atoms with van der Waals surface area (Å²) in [5.41, 5.74) is 0.739. The van der Waals surface area contributed by atoms with Crippen LogP contribution >= 0.6 is 0 Å². The molecule has 2 heterocycles. The quantitative estimate of drug-likeness (QED) is 0.882. The van der Waals surface area contributed by atoms with Crippen LogP contribution in [0.15, 0.2) is 28.9 Å². The molecule has 90 valence electrons. The van der Waals surface area contributed by atoms with Crippen molar-refractivity contribution in [3.63, 3.8) is 0 Å². The number of nitrogens with zero attached hydrogens (tertiary/aromatic N) is 1. The lowest BCUT2D eigenvalue weighted by Crippen LogP contribution is -2.38. The van der Waals surface area contributed by atoms with E-state index >= 15 is 0 Å². The summed E-state index contributed by atoms with van der Waals surface area (Å²) in [5.74, 6) is 0.785. The molecule has 0 bridgehead atoms. The van der Waals surface area contributed by atoms with Gasteiger partial charge < -0.3 is 14.6 Å². The second-order valence-corrected chi connectivity index (χ2v) is 4.46. The highest BCUT2D eigenvalue weighted by atomic mass is 16.5. The highest BCUT2D eigenvalue weighted by Gasteiger charge is 2.14. The van der Waals surface area contributed by atoms with Gasteiger partial charge in [0.15, 0.2) is 5.75 Å². The average Bonchev–Trinajstić information content (AvgIpc) is 2.86. The predicted octanol–water partition coefficient (Wildman–Crippen LogP) is 2.35. The Bertz CT molecular complexity index is 489. The van der Waals surface area contributed by atoms with Crippen molar-refractivity contribution in [1.82, 2.24) is 10.5 Å². The number of aromatic nitrogens is 1. The van der Waals surface area contributed by atoms with E-state index in [-0.39, 0.29) is 0 Å². The number of rotatable bonds is 3. The summed E-state index contributed by atoms with van der Waals surface area (Å²) in [6, 6.07) is 6.32. The third-order valence-electron chi connectivity index (χ3n) is 3.20. The minimum absolute atomic E-state index is 0.460. The normalized spacial score (nSPS) is 20.6. The molecule has 0 radical (unpaired) electrons. The Morgan fingerprint density at radius 2 is 2.41 bits per heavy atom. The minimum Gasteiger partial charge on any atom is -0.488 e. The number of fused-ring (bicyclic) bond motifs is 1. The standard InChI is InChI=1S/C13H16N2O2/c1-2-7-14-11(5-1)9-16-12-6-3-4-10-8-15-17-13(10)12/h3-4,6,8,11,14H,1-2,5,7,9H2. The molecular formula is C13H16N2O2. The van der Waals surface area contributed by atoms with Crippen LogP contribution in [0.2, 0.25) is 0 Å². The predicted molar refractivity (Wildman–Crippen MR) is 65.1 cm³/mol. The number of nitrogens with one attached hydrogen (secondary N) is 1. The van der Waals surface area contributed by atoms with E-state index in [2.05, 4.69) is 10.5 Å². The number of benzene rings is 1. The van der Waals surface area contributed by atoms with Crippen LogP contribution in [0.25, 0.3) is 11.0 Å². The molecule has 17 heavy (non-hydrogen) atoms. The molecule has 1 unspecified atom stereocenters. The SMILES string of the molecule is c1cc(OCC2CCCCN2)c2oncc2c1. The van der Waals surface area contributed by atoms with Crippen LogP contribution in [0, 0.1) is 0 Å². The fourth-order valence-corrected chi connectivity index (χ4v) is 2.24. The molecular weight excluding hydrogens is 216 g/mol. The molecule has 4 heteroatoms. The number of hydrogen-bond acceptors (Lipinski definition) is 4. The molecule has 4 nitrogen and oxygen atoms in total. The van der Waals surface area contributed by atoms with Crippen LogP contribution < -0.4 is 10.1 Å². The average molecular weight is 232 g/mol. The van der Waals surface area contributed by atoms with Crippen LogP contribution in [0.1, 0.15) is 19.3 Å². The monoisotopic (exact) mass is 232 g/mol. The lowest BCUT2D eigenvalue weighted by Gasteiger charge is -2.23. The zero-order valence-electron chi connectivity index (χ0n) is 9.69. The molecule has 1 aliphatic rings. The molecule has 1 N–H and O–H groups in total. The van der Waals surface area contributed by atoms with Crippen molar-refractivity contribution in [2.24, 2.45) is 0 Å². The fourth-order valence-electron chi connectivity index (χ4n) is 2.24. The molecule has 0 aliphatic carbocycles. The van der Waals surface area contributed by atoms with Gasteiger partial charge in [-0.3, -0.25) is 0 Å². The fraction of sp³-hybridized carbons (Fsp3) is 0.462. The number of para-hydroxylation sites is 1. The van der Waals surface area contributed by atoms with Crippen molar-refractivity contribution in [2.75, 3.05) is 13.2 Å². The maximum Gasteiger partial charge on any atom is 0.208 e. The van der Waals surface area contributed by atoms with Crippen molar-refractivity contribution in [3.8, 4) is 5.75 Å². The summed E-state index contributed by atoms with van der Waals surface area (Å²) in [4.78, 5) is 0. The molecule has 2 aromatic rings. The molecule has 0 spiro atoms. The Hall–Kier alpha value is -1.55. The van der Waals surface area contributed by atoms with Crippen molar-refractivity contribution in [2.45, 2.75) is 25.3 Å². The lowest BCUT2D eigenvalue weighted by molar-refractivity contribution is 0.238. The number of hydrogen-bond donors (Lipinski definition) is 1. The van der Waals surface area contributed by atoms with Crippen LogP contribution in [0.4, 0.5) is 0 Å². The molecule has 3 rings (SSSR count). The van der Waals surface area contributed by atoms with E-state index in [1.54, 1.807) is 6.20 Å². The molecule has 1 aliphatic heterocycles. The van der Waals surface area contributed by atoms with Crippen LogP contribution in [0.3, 0.4) is 0 Å². The van der Waals surface area contributed by atoms with Gasteiger partial charge in [-0.2, -0.15) is 0 Å². The maximum atomic E-state index is 5.82. The zero-order chi connectivity index (χ0) is 11.5. The number of ether oxygens (including phenoxy) is 1. The van der Waals surface area contributed by atoms with Gasteiger partial charge in [0.05, 0.1) is 6.20 Å². The molecule has 0 saturated carbocycles. The smallest absolute Gasteiger partial charge is 0.208 e. The summed E-state index contributed by atoms with van der Waals surface area (Å²) in [6.07, 6.45) is 5.45. The second kappa shape index (κ2) is 4.75. The van der Waals surface area contributed by atoms with Gasteiger partial charge in [-0.1, -0.05) is 17.6 Å². The van der Waals surface area contributed by atoms with Gasteiger partial charge >= 0.3 is 0 Å². The molecule has 1 aromatic heterocycles. The van der Waals surface area contributed by atoms with E-state index in [1.165, 1.54) is 19.3 Å². The van der Waals surface area contributed by atoms with Crippen molar-refractivity contribution in [1.29, 1.82) is 0 Å². The van der Waals surface area contributed by atoms with Gasteiger partial charge in [0.2, 0.25) is 5.58 Å². The van der Waals surface area contributed by atoms with Crippen molar-refractivity contribution in [3.05, 3.63) is 24.4 Å². The highest BCUT2D eigenvalue weighted by Crippen LogP contribution is 2.25. The highest BCUT2D eigenvalue weighted by molar-refractivity contribution is 5.81. The summed E-state index contributed by atoms with van der Waals surface area (Å²) >= 11 is 0. The van der Waals surface area contributed by atoms with Crippen LogP contribution in [-0.4, -0.2) is 24.4 Å². The van der Waals surface area contributed by atoms with Gasteiger partial charge in [0.1, 0.15) is 6.61 Å². The van der Waals surface area contributed by atoms with E-state index in [1.807, 2.05) is 18.2 Å². The first-order valence-corrected chi connectivity index (χ1v) is 6.13. The van der Waals surface area contributed by atoms with Crippen molar-refractivity contribution >= 4 is 11.0 Å². The van der Waals surface area contributed by atoms with Gasteiger partial charge in [0, 0.05) is 11.4 Å². The first-order valence-electron chi connectivity index (χ1n) is 6.13. The summed E-state index contributed by atoms with van der Waals surface area (Å²) in [6.45, 7) is 1.79. The lowest BCUT2D eigenvalue weighted by atomic mass is 10.1. The molecule has 1 saturated heterocycles. The summed E-state index contributed by atoms with van der Waals surface area (Å²) in [7, 11) is 0. The third kappa shape index (κ3) is 2.26. The maximum absolute atomic E-state index is 5.82. The van der Waals surface area contributed by atoms with E-state index in [0.717, 1.165) is 23.3 Å². The van der Waals surface area contributed by atoms with Crippen LogP contribution in [-0.2, 0) is 0 Å². The van der Waals surface area contributed by atoms with E-state index in [0.29, 0.717) is 12.6 Å². The Morgan fingerprint density at radius 3 is 3.29 bits per heavy atom. The Kier molecular flexibility index (Phi) is 2.96. The second-order valence-electron chi connectivity index (χ2n) is 4.46. The summed E-state index contributed by atoms with van der Waals surface area (Å²) in [5, 5.41) is 8.23. The first kappa shape index (κ1) is 10.6. The van der Waals surface area contributed by atoms with Gasteiger partial charge in [-0.15, -0.1) is 0 Å². The van der Waals surface area contributed by atoms with Gasteiger partial charge in [0.25, 0.3) is 0 Å². The van der Waals surface area contributed by atoms with E-state index in [9.17, 15) is 0 Å². The topological polar surface area (TPSA) is 47.3 Å². The Balaban J connectivity index is 1.69. The third-order valence-corrected chi connectivity index (χ3v) is 3.20. The minimum atomic E-state index is 0.460. The Labute approximate surface area is 99.9 Å². The molecule has 1 aromatic carbocycles. The summed E-state index contributed by atoms with van der Waals surface area (Å²) < 4.78 is 11.0. The van der Waals surface area contributed by atoms with Crippen LogP contribution in [0.5, 0.6) is 5.75 Å². The van der Waals surface area contributed by atoms with E-state index in [4.69, 9.17) is 9.26 Å². The van der Waals surface area contributed by atoms with E-state index < -0.39 is 0 Å². The molecule has 0 amide bonds. The van der Waals surface area contributed by atoms with Gasteiger partial charge in [-0.05, 0) is 31.5 Å². The van der Waals surface area contributed by atoms with Gasteiger partial charge in [-0.25, -0.2) is 0 Å².